The Morgan fingerprint density at radius 3 is 2.20 bits per heavy atom. The molecule has 2 amide bonds. The number of imide groups is 1. The molecular formula is C11H14BrNO2. The molecule has 0 radical (unpaired) electrons. The summed E-state index contributed by atoms with van der Waals surface area (Å²) in [6, 6.07) is 0. The van der Waals surface area contributed by atoms with Crippen LogP contribution in [0.15, 0.2) is 12.2 Å². The molecule has 4 heteroatoms. The summed E-state index contributed by atoms with van der Waals surface area (Å²) in [7, 11) is 0. The van der Waals surface area contributed by atoms with Crippen LogP contribution in [0.25, 0.3) is 0 Å². The van der Waals surface area contributed by atoms with Gasteiger partial charge in [-0.05, 0) is 12.8 Å². The van der Waals surface area contributed by atoms with Crippen LogP contribution in [0.5, 0.6) is 0 Å². The van der Waals surface area contributed by atoms with Gasteiger partial charge >= 0.3 is 0 Å². The van der Waals surface area contributed by atoms with Crippen molar-refractivity contribution >= 4 is 27.7 Å². The fourth-order valence-electron chi connectivity index (χ4n) is 2.30. The number of hydrogen-bond donors (Lipinski definition) is 0. The van der Waals surface area contributed by atoms with E-state index in [1.54, 1.807) is 0 Å². The van der Waals surface area contributed by atoms with Gasteiger partial charge in [0.05, 0.1) is 11.8 Å². The highest BCUT2D eigenvalue weighted by molar-refractivity contribution is 9.09. The van der Waals surface area contributed by atoms with Crippen LogP contribution in [0, 0.1) is 11.8 Å². The number of allylic oxidation sites excluding steroid dienone is 2. The van der Waals surface area contributed by atoms with Gasteiger partial charge in [-0.3, -0.25) is 14.5 Å². The van der Waals surface area contributed by atoms with Gasteiger partial charge in [0.15, 0.2) is 0 Å². The van der Waals surface area contributed by atoms with Gasteiger partial charge in [-0.25, -0.2) is 0 Å². The second-order valence-electron chi connectivity index (χ2n) is 4.22. The van der Waals surface area contributed by atoms with Crippen LogP contribution in [-0.4, -0.2) is 28.1 Å². The summed E-state index contributed by atoms with van der Waals surface area (Å²) in [4.78, 5) is 25.5. The molecule has 1 aliphatic carbocycles. The van der Waals surface area contributed by atoms with E-state index >= 15 is 0 Å². The fourth-order valence-corrected chi connectivity index (χ4v) is 2.59. The van der Waals surface area contributed by atoms with Crippen LogP contribution in [-0.2, 0) is 9.59 Å². The predicted molar refractivity (Wildman–Crippen MR) is 60.5 cm³/mol. The Kier molecular flexibility index (Phi) is 2.96. The van der Waals surface area contributed by atoms with Crippen molar-refractivity contribution in [3.63, 3.8) is 0 Å². The molecule has 1 saturated heterocycles. The minimum atomic E-state index is -0.0891. The van der Waals surface area contributed by atoms with Gasteiger partial charge < -0.3 is 0 Å². The number of alkyl halides is 1. The van der Waals surface area contributed by atoms with Crippen LogP contribution in [0.2, 0.25) is 0 Å². The van der Waals surface area contributed by atoms with Crippen molar-refractivity contribution in [2.24, 2.45) is 11.8 Å². The lowest BCUT2D eigenvalue weighted by atomic mass is 9.85. The summed E-state index contributed by atoms with van der Waals surface area (Å²) in [6.45, 7) is 2.44. The van der Waals surface area contributed by atoms with Gasteiger partial charge in [-0.15, -0.1) is 0 Å². The third-order valence-corrected chi connectivity index (χ3v) is 3.32. The lowest BCUT2D eigenvalue weighted by Crippen LogP contribution is -2.35. The SMILES string of the molecule is CC(Br)CN1C(=O)[C@H]2CC=CC[C@H]2C1=O. The summed E-state index contributed by atoms with van der Waals surface area (Å²) >= 11 is 3.38. The Bertz CT molecular complexity index is 299. The predicted octanol–water partition coefficient (Wildman–Crippen LogP) is 1.72. The van der Waals surface area contributed by atoms with Gasteiger partial charge in [-0.1, -0.05) is 35.0 Å². The molecule has 0 aromatic heterocycles. The molecule has 0 bridgehead atoms. The molecule has 0 aromatic rings. The second-order valence-corrected chi connectivity index (χ2v) is 5.79. The van der Waals surface area contributed by atoms with Crippen molar-refractivity contribution in [1.29, 1.82) is 0 Å². The smallest absolute Gasteiger partial charge is 0.233 e. The van der Waals surface area contributed by atoms with E-state index in [0.717, 1.165) is 12.8 Å². The van der Waals surface area contributed by atoms with Crippen molar-refractivity contribution in [3.8, 4) is 0 Å². The van der Waals surface area contributed by atoms with Crippen LogP contribution >= 0.6 is 15.9 Å². The Labute approximate surface area is 97.6 Å². The Morgan fingerprint density at radius 2 is 1.80 bits per heavy atom. The number of carbonyl (C=O) groups excluding carboxylic acids is 2. The molecule has 1 aliphatic heterocycles. The minimum absolute atomic E-state index is 0.0145. The first-order valence-electron chi connectivity index (χ1n) is 5.25. The molecule has 2 aliphatic rings. The number of rotatable bonds is 2. The summed E-state index contributed by atoms with van der Waals surface area (Å²) in [5, 5.41) is 0. The fraction of sp³-hybridized carbons (Fsp3) is 0.636. The van der Waals surface area contributed by atoms with Crippen LogP contribution in [0.3, 0.4) is 0 Å². The molecule has 1 unspecified atom stereocenters. The summed E-state index contributed by atoms with van der Waals surface area (Å²) in [5.41, 5.74) is 0. The van der Waals surface area contributed by atoms with E-state index in [1.807, 2.05) is 19.1 Å². The number of hydrogen-bond acceptors (Lipinski definition) is 2. The minimum Gasteiger partial charge on any atom is -0.281 e. The number of fused-ring (bicyclic) bond motifs is 1. The normalized spacial score (nSPS) is 32.0. The highest BCUT2D eigenvalue weighted by Crippen LogP contribution is 2.35. The molecule has 2 rings (SSSR count). The molecule has 0 N–H and O–H groups in total. The molecule has 82 valence electrons. The maximum absolute atomic E-state index is 11.9. The van der Waals surface area contributed by atoms with E-state index in [-0.39, 0.29) is 28.5 Å². The Hall–Kier alpha value is -0.640. The molecule has 0 saturated carbocycles. The standard InChI is InChI=1S/C11H14BrNO2/c1-7(12)6-13-10(14)8-4-2-3-5-9(8)11(13)15/h2-3,7-9H,4-6H2,1H3/t7?,8-,9+. The van der Waals surface area contributed by atoms with E-state index in [9.17, 15) is 9.59 Å². The molecule has 0 spiro atoms. The van der Waals surface area contributed by atoms with Crippen molar-refractivity contribution in [2.75, 3.05) is 6.54 Å². The van der Waals surface area contributed by atoms with E-state index in [1.165, 1.54) is 4.90 Å². The number of likely N-dealkylation sites (tertiary alicyclic amines) is 1. The molecular weight excluding hydrogens is 258 g/mol. The van der Waals surface area contributed by atoms with Crippen molar-refractivity contribution in [2.45, 2.75) is 24.6 Å². The highest BCUT2D eigenvalue weighted by atomic mass is 79.9. The summed E-state index contributed by atoms with van der Waals surface area (Å²) < 4.78 is 0. The zero-order chi connectivity index (χ0) is 11.0. The third kappa shape index (κ3) is 1.87. The lowest BCUT2D eigenvalue weighted by molar-refractivity contribution is -0.139. The topological polar surface area (TPSA) is 37.4 Å². The first kappa shape index (κ1) is 10.9. The maximum Gasteiger partial charge on any atom is 0.233 e. The van der Waals surface area contributed by atoms with E-state index < -0.39 is 0 Å². The number of carbonyl (C=O) groups is 2. The molecule has 3 nitrogen and oxygen atoms in total. The van der Waals surface area contributed by atoms with Crippen LogP contribution in [0.4, 0.5) is 0 Å². The molecule has 3 atom stereocenters. The number of halogens is 1. The first-order valence-corrected chi connectivity index (χ1v) is 6.17. The van der Waals surface area contributed by atoms with Crippen LogP contribution < -0.4 is 0 Å². The molecule has 1 heterocycles. The summed E-state index contributed by atoms with van der Waals surface area (Å²) in [6.07, 6.45) is 5.46. The van der Waals surface area contributed by atoms with Gasteiger partial charge in [0.1, 0.15) is 0 Å². The van der Waals surface area contributed by atoms with E-state index in [2.05, 4.69) is 15.9 Å². The highest BCUT2D eigenvalue weighted by Gasteiger charge is 2.47. The van der Waals surface area contributed by atoms with E-state index in [0.29, 0.717) is 6.54 Å². The van der Waals surface area contributed by atoms with Crippen molar-refractivity contribution in [1.82, 2.24) is 4.90 Å². The average Bonchev–Trinajstić information content (AvgIpc) is 2.44. The average molecular weight is 272 g/mol. The molecule has 15 heavy (non-hydrogen) atoms. The molecule has 1 fully saturated rings. The largest absolute Gasteiger partial charge is 0.281 e. The van der Waals surface area contributed by atoms with Gasteiger partial charge in [0.25, 0.3) is 0 Å². The van der Waals surface area contributed by atoms with Crippen molar-refractivity contribution in [3.05, 3.63) is 12.2 Å². The number of nitrogens with zero attached hydrogens (tertiary/aromatic N) is 1. The zero-order valence-electron chi connectivity index (χ0n) is 8.65. The Morgan fingerprint density at radius 1 is 1.33 bits per heavy atom. The summed E-state index contributed by atoms with van der Waals surface area (Å²) in [5.74, 6) is -0.149. The maximum atomic E-state index is 11.9. The molecule has 0 aromatic carbocycles. The quantitative estimate of drug-likeness (QED) is 0.436. The third-order valence-electron chi connectivity index (χ3n) is 3.03. The zero-order valence-corrected chi connectivity index (χ0v) is 10.2. The second kappa shape index (κ2) is 4.08. The number of amides is 2. The first-order chi connectivity index (χ1) is 7.11. The van der Waals surface area contributed by atoms with Gasteiger partial charge in [0.2, 0.25) is 11.8 Å². The monoisotopic (exact) mass is 271 g/mol. The Balaban J connectivity index is 2.17. The van der Waals surface area contributed by atoms with Gasteiger partial charge in [0, 0.05) is 11.4 Å². The van der Waals surface area contributed by atoms with Crippen molar-refractivity contribution < 1.29 is 9.59 Å². The van der Waals surface area contributed by atoms with Gasteiger partial charge in [-0.2, -0.15) is 0 Å². The van der Waals surface area contributed by atoms with Crippen LogP contribution in [0.1, 0.15) is 19.8 Å². The lowest BCUT2D eigenvalue weighted by Gasteiger charge is -2.15. The van der Waals surface area contributed by atoms with E-state index in [4.69, 9.17) is 0 Å².